The van der Waals surface area contributed by atoms with Crippen LogP contribution in [-0.2, 0) is 14.3 Å². The molecule has 0 fully saturated rings. The molecule has 1 amide bonds. The summed E-state index contributed by atoms with van der Waals surface area (Å²) in [5, 5.41) is 3.93. The predicted molar refractivity (Wildman–Crippen MR) is 116 cm³/mol. The van der Waals surface area contributed by atoms with Crippen molar-refractivity contribution in [1.82, 2.24) is 4.98 Å². The Morgan fingerprint density at radius 3 is 2.66 bits per heavy atom. The second-order valence-electron chi connectivity index (χ2n) is 6.03. The van der Waals surface area contributed by atoms with Crippen LogP contribution in [0.15, 0.2) is 46.9 Å². The fourth-order valence-electron chi connectivity index (χ4n) is 2.51. The van der Waals surface area contributed by atoms with Crippen LogP contribution < -0.4 is 10.1 Å². The molecule has 0 spiro atoms. The molecule has 9 heteroatoms. The largest absolute Gasteiger partial charge is 0.478 e. The van der Waals surface area contributed by atoms with Gasteiger partial charge in [-0.1, -0.05) is 45.2 Å². The highest BCUT2D eigenvalue weighted by molar-refractivity contribution is 9.10. The molecule has 150 valence electrons. The van der Waals surface area contributed by atoms with Crippen LogP contribution in [0.1, 0.15) is 5.69 Å². The standard InChI is InChI=1S/C20H15BrCl2N2O4/c1-11-5-6-14-15(22)8-16(23)20(19(14)24-11)29-10-18(27)28-9-17(26)25-13-4-2-3-12(21)7-13/h2-8H,9-10H2,1H3,(H,25,26). The maximum Gasteiger partial charge on any atom is 0.344 e. The summed E-state index contributed by atoms with van der Waals surface area (Å²) in [7, 11) is 0. The molecule has 3 rings (SSSR count). The molecule has 0 saturated heterocycles. The van der Waals surface area contributed by atoms with E-state index in [4.69, 9.17) is 32.7 Å². The van der Waals surface area contributed by atoms with Gasteiger partial charge in [0.2, 0.25) is 0 Å². The van der Waals surface area contributed by atoms with Crippen LogP contribution in [0.2, 0.25) is 10.0 Å². The van der Waals surface area contributed by atoms with Crippen LogP contribution in [0.25, 0.3) is 10.9 Å². The normalized spacial score (nSPS) is 10.6. The Morgan fingerprint density at radius 2 is 1.90 bits per heavy atom. The van der Waals surface area contributed by atoms with Gasteiger partial charge in [0.1, 0.15) is 5.52 Å². The number of amides is 1. The number of nitrogens with one attached hydrogen (secondary N) is 1. The Balaban J connectivity index is 1.59. The van der Waals surface area contributed by atoms with Crippen molar-refractivity contribution in [2.24, 2.45) is 0 Å². The van der Waals surface area contributed by atoms with E-state index in [0.717, 1.165) is 10.2 Å². The van der Waals surface area contributed by atoms with Crippen molar-refractivity contribution in [3.8, 4) is 5.75 Å². The molecule has 0 aliphatic rings. The van der Waals surface area contributed by atoms with Gasteiger partial charge in [-0.15, -0.1) is 0 Å². The molecule has 1 N–H and O–H groups in total. The van der Waals surface area contributed by atoms with Gasteiger partial charge >= 0.3 is 5.97 Å². The highest BCUT2D eigenvalue weighted by Crippen LogP contribution is 2.37. The van der Waals surface area contributed by atoms with Gasteiger partial charge in [-0.25, -0.2) is 9.78 Å². The molecule has 1 aromatic heterocycles. The monoisotopic (exact) mass is 496 g/mol. The first kappa shape index (κ1) is 21.4. The number of fused-ring (bicyclic) bond motifs is 1. The van der Waals surface area contributed by atoms with Crippen LogP contribution in [0, 0.1) is 6.92 Å². The zero-order valence-corrected chi connectivity index (χ0v) is 18.3. The molecular weight excluding hydrogens is 483 g/mol. The molecule has 29 heavy (non-hydrogen) atoms. The van der Waals surface area contributed by atoms with E-state index in [2.05, 4.69) is 26.2 Å². The number of ether oxygens (including phenoxy) is 2. The zero-order valence-electron chi connectivity index (χ0n) is 15.2. The molecule has 1 heterocycles. The molecule has 0 radical (unpaired) electrons. The topological polar surface area (TPSA) is 77.5 Å². The maximum absolute atomic E-state index is 12.0. The molecule has 0 atom stereocenters. The minimum absolute atomic E-state index is 0.223. The van der Waals surface area contributed by atoms with E-state index in [9.17, 15) is 9.59 Å². The summed E-state index contributed by atoms with van der Waals surface area (Å²) in [5.74, 6) is -0.963. The number of benzene rings is 2. The van der Waals surface area contributed by atoms with Crippen LogP contribution in [0.5, 0.6) is 5.75 Å². The van der Waals surface area contributed by atoms with E-state index in [0.29, 0.717) is 21.6 Å². The Labute approximate surface area is 185 Å². The van der Waals surface area contributed by atoms with E-state index in [1.165, 1.54) is 6.07 Å². The van der Waals surface area contributed by atoms with Crippen molar-refractivity contribution in [1.29, 1.82) is 0 Å². The van der Waals surface area contributed by atoms with Crippen molar-refractivity contribution in [2.75, 3.05) is 18.5 Å². The minimum Gasteiger partial charge on any atom is -0.478 e. The van der Waals surface area contributed by atoms with Crippen LogP contribution in [-0.4, -0.2) is 30.1 Å². The van der Waals surface area contributed by atoms with E-state index >= 15 is 0 Å². The third kappa shape index (κ3) is 5.59. The number of nitrogens with zero attached hydrogens (tertiary/aromatic N) is 1. The number of hydrogen-bond donors (Lipinski definition) is 1. The number of esters is 1. The average Bonchev–Trinajstić information content (AvgIpc) is 2.66. The van der Waals surface area contributed by atoms with Crippen LogP contribution >= 0.6 is 39.1 Å². The van der Waals surface area contributed by atoms with Crippen LogP contribution in [0.3, 0.4) is 0 Å². The number of pyridine rings is 1. The number of aryl methyl sites for hydroxylation is 1. The SMILES string of the molecule is Cc1ccc2c(Cl)cc(Cl)c(OCC(=O)OCC(=O)Nc3cccc(Br)c3)c2n1. The Bertz CT molecular complexity index is 1090. The summed E-state index contributed by atoms with van der Waals surface area (Å²) in [4.78, 5) is 28.3. The van der Waals surface area contributed by atoms with Crippen molar-refractivity contribution in [2.45, 2.75) is 6.92 Å². The second kappa shape index (κ2) is 9.43. The zero-order chi connectivity index (χ0) is 21.0. The number of carbonyl (C=O) groups excluding carboxylic acids is 2. The molecule has 3 aromatic rings. The molecule has 6 nitrogen and oxygen atoms in total. The molecule has 0 aliphatic carbocycles. The fraction of sp³-hybridized carbons (Fsp3) is 0.150. The fourth-order valence-corrected chi connectivity index (χ4v) is 3.48. The van der Waals surface area contributed by atoms with Gasteiger partial charge in [0.05, 0.1) is 10.0 Å². The summed E-state index contributed by atoms with van der Waals surface area (Å²) in [6.07, 6.45) is 0. The van der Waals surface area contributed by atoms with E-state index in [-0.39, 0.29) is 10.8 Å². The Hall–Kier alpha value is -2.35. The van der Waals surface area contributed by atoms with Crippen molar-refractivity contribution in [3.05, 3.63) is 62.7 Å². The predicted octanol–water partition coefficient (Wildman–Crippen LogP) is 5.17. The van der Waals surface area contributed by atoms with Gasteiger partial charge in [-0.2, -0.15) is 0 Å². The molecule has 0 saturated carbocycles. The van der Waals surface area contributed by atoms with Gasteiger partial charge in [0.15, 0.2) is 19.0 Å². The van der Waals surface area contributed by atoms with Crippen molar-refractivity contribution < 1.29 is 19.1 Å². The number of anilines is 1. The minimum atomic E-state index is -0.721. The summed E-state index contributed by atoms with van der Waals surface area (Å²) >= 11 is 15.7. The molecule has 0 aliphatic heterocycles. The number of carbonyl (C=O) groups is 2. The average molecular weight is 498 g/mol. The molecular formula is C20H15BrCl2N2O4. The van der Waals surface area contributed by atoms with Gasteiger partial charge in [-0.3, -0.25) is 4.79 Å². The van der Waals surface area contributed by atoms with Crippen LogP contribution in [0.4, 0.5) is 5.69 Å². The molecule has 0 bridgehead atoms. The smallest absolute Gasteiger partial charge is 0.344 e. The quantitative estimate of drug-likeness (QED) is 0.475. The lowest BCUT2D eigenvalue weighted by Crippen LogP contribution is -2.23. The van der Waals surface area contributed by atoms with Gasteiger partial charge < -0.3 is 14.8 Å². The Kier molecular flexibility index (Phi) is 6.95. The summed E-state index contributed by atoms with van der Waals surface area (Å²) < 4.78 is 11.3. The third-order valence-electron chi connectivity index (χ3n) is 3.78. The van der Waals surface area contributed by atoms with Crippen molar-refractivity contribution in [3.63, 3.8) is 0 Å². The lowest BCUT2D eigenvalue weighted by atomic mass is 10.2. The lowest BCUT2D eigenvalue weighted by Gasteiger charge is -2.12. The van der Waals surface area contributed by atoms with E-state index < -0.39 is 25.1 Å². The van der Waals surface area contributed by atoms with Gasteiger partial charge in [0.25, 0.3) is 5.91 Å². The second-order valence-corrected chi connectivity index (χ2v) is 7.76. The summed E-state index contributed by atoms with van der Waals surface area (Å²) in [6, 6.07) is 12.2. The summed E-state index contributed by atoms with van der Waals surface area (Å²) in [6.45, 7) is 0.938. The van der Waals surface area contributed by atoms with Gasteiger partial charge in [-0.05, 0) is 43.3 Å². The number of aromatic nitrogens is 1. The van der Waals surface area contributed by atoms with Crippen molar-refractivity contribution >= 4 is 67.6 Å². The maximum atomic E-state index is 12.0. The van der Waals surface area contributed by atoms with Gasteiger partial charge in [0, 0.05) is 21.2 Å². The summed E-state index contributed by atoms with van der Waals surface area (Å²) in [5.41, 5.74) is 1.77. The lowest BCUT2D eigenvalue weighted by molar-refractivity contribution is -0.149. The molecule has 2 aromatic carbocycles. The van der Waals surface area contributed by atoms with E-state index in [1.807, 2.05) is 19.1 Å². The molecule has 0 unspecified atom stereocenters. The first-order chi connectivity index (χ1) is 13.8. The number of rotatable bonds is 6. The first-order valence-electron chi connectivity index (χ1n) is 8.42. The van der Waals surface area contributed by atoms with E-state index in [1.54, 1.807) is 24.3 Å². The first-order valence-corrected chi connectivity index (χ1v) is 9.97. The number of hydrogen-bond acceptors (Lipinski definition) is 5. The third-order valence-corrected chi connectivity index (χ3v) is 4.87. The number of halogens is 3. The Morgan fingerprint density at radius 1 is 1.10 bits per heavy atom. The highest BCUT2D eigenvalue weighted by Gasteiger charge is 2.16. The highest BCUT2D eigenvalue weighted by atomic mass is 79.9.